The van der Waals surface area contributed by atoms with Crippen molar-refractivity contribution in [1.82, 2.24) is 14.7 Å². The lowest BCUT2D eigenvalue weighted by atomic mass is 9.77. The van der Waals surface area contributed by atoms with Crippen LogP contribution in [0.3, 0.4) is 0 Å². The molecule has 28 heteroatoms. The normalized spacial score (nSPS) is 19.5. The molecule has 19 nitrogen and oxygen atoms in total. The first-order chi connectivity index (χ1) is 38.4. The number of amides is 2. The maximum Gasteiger partial charge on any atom is 0.269 e. The Morgan fingerprint density at radius 2 is 1.30 bits per heavy atom. The van der Waals surface area contributed by atoms with Crippen molar-refractivity contribution in [2.75, 3.05) is 86.4 Å². The molecule has 2 saturated carbocycles. The van der Waals surface area contributed by atoms with E-state index in [1.54, 1.807) is 43.6 Å². The summed E-state index contributed by atoms with van der Waals surface area (Å²) in [6, 6.07) is 14.1. The number of benzene rings is 3. The van der Waals surface area contributed by atoms with Crippen LogP contribution in [0.2, 0.25) is 0 Å². The van der Waals surface area contributed by atoms with Gasteiger partial charge in [0.2, 0.25) is 36.0 Å². The third-order valence-electron chi connectivity index (χ3n) is 15.5. The molecule has 5 fully saturated rings. The minimum atomic E-state index is -4.47. The number of carbonyl (C=O) groups is 2. The summed E-state index contributed by atoms with van der Waals surface area (Å²) in [5, 5.41) is 15.0. The van der Waals surface area contributed by atoms with Crippen molar-refractivity contribution in [1.29, 1.82) is 0 Å². The number of alkyl halides is 2. The molecule has 0 radical (unpaired) electrons. The van der Waals surface area contributed by atoms with Crippen LogP contribution >= 0.6 is 0 Å². The SMILES string of the molecule is Cc1cc(NC(=O)c2ccc(NS(=O)(=O)C3(C=C(F)F)CC3)cc2N2CCC3(CC3)C(c3cc(NC(=O)c4ccc(NS(=O)(=O)CCO)cc4N4CCC(=C(F)F)CC4)cc(S(=O)(=O)NC(C)(C)C)c3)C2)nc(N2CCC(F)(F)CC2)n1. The first kappa shape index (κ1) is 60.1. The van der Waals surface area contributed by atoms with Gasteiger partial charge in [-0.1, -0.05) is 0 Å². The Hall–Kier alpha value is -6.49. The van der Waals surface area contributed by atoms with E-state index in [2.05, 4.69) is 34.8 Å². The number of hydrogen-bond acceptors (Lipinski definition) is 14. The highest BCUT2D eigenvalue weighted by atomic mass is 32.2. The molecule has 444 valence electrons. The van der Waals surface area contributed by atoms with E-state index in [1.165, 1.54) is 54.6 Å². The largest absolute Gasteiger partial charge is 0.395 e. The Kier molecular flexibility index (Phi) is 16.6. The molecular formula is C54H64F6N10O9S3. The molecule has 1 aromatic heterocycles. The van der Waals surface area contributed by atoms with Gasteiger partial charge in [-0.3, -0.25) is 19.0 Å². The summed E-state index contributed by atoms with van der Waals surface area (Å²) < 4.78 is 170. The van der Waals surface area contributed by atoms with Crippen LogP contribution in [0.5, 0.6) is 0 Å². The fraction of sp³-hybridized carbons (Fsp3) is 0.481. The lowest BCUT2D eigenvalue weighted by Gasteiger charge is -2.41. The van der Waals surface area contributed by atoms with Crippen molar-refractivity contribution in [3.8, 4) is 0 Å². The zero-order valence-corrected chi connectivity index (χ0v) is 47.8. The van der Waals surface area contributed by atoms with Gasteiger partial charge in [0.05, 0.1) is 51.1 Å². The molecular weight excluding hydrogens is 1140 g/mol. The van der Waals surface area contributed by atoms with Crippen LogP contribution in [0.1, 0.15) is 116 Å². The third kappa shape index (κ3) is 13.8. The minimum Gasteiger partial charge on any atom is -0.395 e. The van der Waals surface area contributed by atoms with Gasteiger partial charge in [-0.15, -0.1) is 0 Å². The molecule has 0 bridgehead atoms. The molecule has 1 unspecified atom stereocenters. The highest BCUT2D eigenvalue weighted by Crippen LogP contribution is 2.61. The molecule has 3 saturated heterocycles. The number of aliphatic hydroxyl groups is 1. The fourth-order valence-electron chi connectivity index (χ4n) is 10.9. The van der Waals surface area contributed by atoms with Crippen LogP contribution in [0, 0.1) is 12.3 Å². The lowest BCUT2D eigenvalue weighted by molar-refractivity contribution is -0.0222. The molecule has 2 amide bonds. The van der Waals surface area contributed by atoms with Crippen molar-refractivity contribution in [3.63, 3.8) is 0 Å². The highest BCUT2D eigenvalue weighted by molar-refractivity contribution is 7.94. The summed E-state index contributed by atoms with van der Waals surface area (Å²) in [5.41, 5.74) is -0.142. The van der Waals surface area contributed by atoms with Crippen LogP contribution in [0.25, 0.3) is 0 Å². The number of piperidine rings is 3. The smallest absolute Gasteiger partial charge is 0.269 e. The molecule has 6 N–H and O–H groups in total. The number of carbonyl (C=O) groups excluding carboxylic acids is 2. The van der Waals surface area contributed by atoms with Gasteiger partial charge in [-0.25, -0.2) is 43.7 Å². The summed E-state index contributed by atoms with van der Waals surface area (Å²) in [4.78, 5) is 43.1. The number of nitrogens with one attached hydrogen (secondary N) is 5. The number of hydrogen-bond donors (Lipinski definition) is 6. The fourth-order valence-corrected chi connectivity index (χ4v) is 14.7. The number of nitrogens with zero attached hydrogens (tertiary/aromatic N) is 5. The molecule has 1 atom stereocenters. The van der Waals surface area contributed by atoms with Crippen LogP contribution < -0.4 is 39.5 Å². The summed E-state index contributed by atoms with van der Waals surface area (Å²) in [5.74, 6) is -5.30. The van der Waals surface area contributed by atoms with Crippen LogP contribution in [-0.2, 0) is 30.1 Å². The first-order valence-corrected chi connectivity index (χ1v) is 31.3. The number of aryl methyl sites for hydroxylation is 1. The van der Waals surface area contributed by atoms with Gasteiger partial charge in [0.25, 0.3) is 29.9 Å². The van der Waals surface area contributed by atoms with Gasteiger partial charge in [0.15, 0.2) is 0 Å². The van der Waals surface area contributed by atoms with Gasteiger partial charge < -0.3 is 30.4 Å². The Bertz CT molecular complexity index is 3570. The van der Waals surface area contributed by atoms with E-state index in [1.807, 2.05) is 4.90 Å². The number of halogens is 6. The second-order valence-electron chi connectivity index (χ2n) is 22.8. The Morgan fingerprint density at radius 1 is 0.707 bits per heavy atom. The number of aromatic nitrogens is 2. The predicted molar refractivity (Wildman–Crippen MR) is 300 cm³/mol. The Labute approximate surface area is 472 Å². The van der Waals surface area contributed by atoms with Crippen molar-refractivity contribution in [3.05, 3.63) is 107 Å². The van der Waals surface area contributed by atoms with Crippen molar-refractivity contribution >= 4 is 82.1 Å². The van der Waals surface area contributed by atoms with Crippen LogP contribution in [-0.4, -0.2) is 120 Å². The number of sulfonamides is 3. The van der Waals surface area contributed by atoms with Gasteiger partial charge in [-0.05, 0) is 144 Å². The van der Waals surface area contributed by atoms with E-state index in [0.717, 1.165) is 0 Å². The van der Waals surface area contributed by atoms with E-state index in [-0.39, 0.29) is 120 Å². The topological polar surface area (TPSA) is 252 Å². The molecule has 2 aliphatic carbocycles. The van der Waals surface area contributed by atoms with E-state index >= 15 is 0 Å². The molecule has 82 heavy (non-hydrogen) atoms. The van der Waals surface area contributed by atoms with Crippen LogP contribution in [0.4, 0.5) is 66.5 Å². The van der Waals surface area contributed by atoms with E-state index < -0.39 is 107 Å². The maximum atomic E-state index is 14.6. The Balaban J connectivity index is 1.09. The quantitative estimate of drug-likeness (QED) is 0.0509. The van der Waals surface area contributed by atoms with Gasteiger partial charge in [0, 0.05) is 87.1 Å². The van der Waals surface area contributed by atoms with E-state index in [4.69, 9.17) is 0 Å². The average molecular weight is 1210 g/mol. The van der Waals surface area contributed by atoms with E-state index in [9.17, 15) is 66.3 Å². The monoisotopic (exact) mass is 1210 g/mol. The first-order valence-electron chi connectivity index (χ1n) is 26.7. The number of rotatable bonds is 18. The third-order valence-corrected chi connectivity index (χ3v) is 20.6. The molecule has 1 spiro atoms. The zero-order valence-electron chi connectivity index (χ0n) is 45.4. The molecule has 4 heterocycles. The minimum absolute atomic E-state index is 0.00680. The summed E-state index contributed by atoms with van der Waals surface area (Å²) in [7, 11) is -12.9. The highest BCUT2D eigenvalue weighted by Gasteiger charge is 2.55. The lowest BCUT2D eigenvalue weighted by Crippen LogP contribution is -2.42. The number of aliphatic hydroxyl groups excluding tert-OH is 1. The Morgan fingerprint density at radius 3 is 1.88 bits per heavy atom. The maximum absolute atomic E-state index is 14.6. The molecule has 9 rings (SSSR count). The molecule has 3 aliphatic heterocycles. The van der Waals surface area contributed by atoms with E-state index in [0.29, 0.717) is 43.1 Å². The molecule has 5 aliphatic rings. The summed E-state index contributed by atoms with van der Waals surface area (Å²) >= 11 is 0. The van der Waals surface area contributed by atoms with Gasteiger partial charge >= 0.3 is 0 Å². The predicted octanol–water partition coefficient (Wildman–Crippen LogP) is 8.92. The van der Waals surface area contributed by atoms with Crippen molar-refractivity contribution in [2.24, 2.45) is 5.41 Å². The zero-order chi connectivity index (χ0) is 59.4. The number of anilines is 7. The molecule has 4 aromatic rings. The van der Waals surface area contributed by atoms with Gasteiger partial charge in [0.1, 0.15) is 10.6 Å². The van der Waals surface area contributed by atoms with Crippen molar-refractivity contribution in [2.45, 2.75) is 113 Å². The molecule has 3 aromatic carbocycles. The summed E-state index contributed by atoms with van der Waals surface area (Å²) in [6.45, 7) is 6.33. The average Bonchev–Trinajstić information content (AvgIpc) is 4.35. The standard InChI is InChI=1S/C54H64F6N10O9S3/c1-33-25-46(64-50(61-33)69-21-16-54(59,60)17-22-69)63-49(73)41-8-6-37(66-82(78,79)53(13-14-53)31-45(55)56)30-44(41)70-20-15-52(11-12-52)42(32-70)35-26-38(28-39(27-35)81(76,77)67-51(2,3)4)62-48(72)40-7-5-36(65-80(74,75)24-23-71)29-43(40)68-18-9-34(10-19-68)47(57)58/h5-8,25-31,42,65-67,71H,9-24,32H2,1-4H3,(H,62,72)(H,61,63,64,73). The second kappa shape index (κ2) is 22.6. The summed E-state index contributed by atoms with van der Waals surface area (Å²) in [6.07, 6.45) is -2.72. The van der Waals surface area contributed by atoms with Crippen LogP contribution in [0.15, 0.2) is 89.4 Å². The second-order valence-corrected chi connectivity index (χ2v) is 28.3. The van der Waals surface area contributed by atoms with Gasteiger partial charge in [-0.2, -0.15) is 22.5 Å². The van der Waals surface area contributed by atoms with Crippen molar-refractivity contribution < 1.29 is 66.3 Å².